The highest BCUT2D eigenvalue weighted by molar-refractivity contribution is 4.79. The first-order valence-electron chi connectivity index (χ1n) is 3.29. The third kappa shape index (κ3) is 7.28. The summed E-state index contributed by atoms with van der Waals surface area (Å²) >= 11 is 0. The lowest BCUT2D eigenvalue weighted by atomic mass is 10.3. The fourth-order valence-electron chi connectivity index (χ4n) is 0.504. The molecule has 0 fully saturated rings. The zero-order chi connectivity index (χ0) is 6.95. The van der Waals surface area contributed by atoms with Crippen molar-refractivity contribution in [1.29, 1.82) is 0 Å². The highest BCUT2D eigenvalue weighted by atomic mass is 16.5. The van der Waals surface area contributed by atoms with Gasteiger partial charge in [-0.05, 0) is 12.8 Å². The van der Waals surface area contributed by atoms with Gasteiger partial charge in [-0.2, -0.15) is 0 Å². The predicted octanol–water partition coefficient (Wildman–Crippen LogP) is 2.50. The van der Waals surface area contributed by atoms with Crippen LogP contribution in [0, 0.1) is 0 Å². The lowest BCUT2D eigenvalue weighted by Crippen LogP contribution is -1.81. The van der Waals surface area contributed by atoms with Gasteiger partial charge in [0.2, 0.25) is 0 Å². The summed E-state index contributed by atoms with van der Waals surface area (Å²) in [7, 11) is 0. The third-order valence-electron chi connectivity index (χ3n) is 0.923. The van der Waals surface area contributed by atoms with E-state index in [2.05, 4.69) is 25.7 Å². The number of hydrogen-bond donors (Lipinski definition) is 0. The molecule has 1 heteroatoms. The molecule has 0 aromatic heterocycles. The molecule has 9 heavy (non-hydrogen) atoms. The SMILES string of the molecule is C=COCC/C=C/CC. The van der Waals surface area contributed by atoms with E-state index in [1.165, 1.54) is 6.26 Å². The molecule has 0 aliphatic rings. The molecule has 52 valence electrons. The Morgan fingerprint density at radius 2 is 2.22 bits per heavy atom. The second-order valence-corrected chi connectivity index (χ2v) is 1.71. The monoisotopic (exact) mass is 126 g/mol. The minimum Gasteiger partial charge on any atom is -0.501 e. The van der Waals surface area contributed by atoms with Gasteiger partial charge in [0.15, 0.2) is 0 Å². The molecule has 0 saturated carbocycles. The van der Waals surface area contributed by atoms with Crippen molar-refractivity contribution in [3.05, 3.63) is 25.0 Å². The van der Waals surface area contributed by atoms with E-state index >= 15 is 0 Å². The number of hydrogen-bond acceptors (Lipinski definition) is 1. The van der Waals surface area contributed by atoms with E-state index in [0.29, 0.717) is 0 Å². The van der Waals surface area contributed by atoms with Crippen LogP contribution in [0.15, 0.2) is 25.0 Å². The molecular formula is C8H14O. The highest BCUT2D eigenvalue weighted by Crippen LogP contribution is 1.86. The van der Waals surface area contributed by atoms with Crippen LogP contribution in [0.2, 0.25) is 0 Å². The quantitative estimate of drug-likeness (QED) is 0.312. The van der Waals surface area contributed by atoms with Gasteiger partial charge >= 0.3 is 0 Å². The summed E-state index contributed by atoms with van der Waals surface area (Å²) in [5.41, 5.74) is 0. The van der Waals surface area contributed by atoms with E-state index in [0.717, 1.165) is 19.4 Å². The number of allylic oxidation sites excluding steroid dienone is 1. The molecule has 0 aliphatic heterocycles. The number of rotatable bonds is 5. The topological polar surface area (TPSA) is 9.23 Å². The number of ether oxygens (including phenoxy) is 1. The van der Waals surface area contributed by atoms with E-state index in [-0.39, 0.29) is 0 Å². The van der Waals surface area contributed by atoms with Gasteiger partial charge in [-0.1, -0.05) is 25.7 Å². The molecule has 0 amide bonds. The maximum absolute atomic E-state index is 4.89. The lowest BCUT2D eigenvalue weighted by molar-refractivity contribution is 0.257. The van der Waals surface area contributed by atoms with Gasteiger partial charge in [0.1, 0.15) is 0 Å². The van der Waals surface area contributed by atoms with Crippen molar-refractivity contribution in [2.45, 2.75) is 19.8 Å². The molecule has 0 rings (SSSR count). The van der Waals surface area contributed by atoms with E-state index < -0.39 is 0 Å². The van der Waals surface area contributed by atoms with Crippen LogP contribution in [0.3, 0.4) is 0 Å². The van der Waals surface area contributed by atoms with Crippen LogP contribution in [0.1, 0.15) is 19.8 Å². The molecule has 0 bridgehead atoms. The Morgan fingerprint density at radius 3 is 2.78 bits per heavy atom. The molecule has 0 aromatic rings. The Balaban J connectivity index is 2.90. The first kappa shape index (κ1) is 8.28. The summed E-state index contributed by atoms with van der Waals surface area (Å²) in [5.74, 6) is 0. The Bertz CT molecular complexity index is 84.6. The molecule has 0 N–H and O–H groups in total. The lowest BCUT2D eigenvalue weighted by Gasteiger charge is -1.92. The van der Waals surface area contributed by atoms with Crippen molar-refractivity contribution in [3.8, 4) is 0 Å². The van der Waals surface area contributed by atoms with Crippen LogP contribution in [-0.4, -0.2) is 6.61 Å². The Morgan fingerprint density at radius 1 is 1.44 bits per heavy atom. The third-order valence-corrected chi connectivity index (χ3v) is 0.923. The van der Waals surface area contributed by atoms with Crippen molar-refractivity contribution in [2.24, 2.45) is 0 Å². The largest absolute Gasteiger partial charge is 0.501 e. The van der Waals surface area contributed by atoms with E-state index in [1.54, 1.807) is 0 Å². The summed E-state index contributed by atoms with van der Waals surface area (Å²) in [6, 6.07) is 0. The van der Waals surface area contributed by atoms with Gasteiger partial charge in [0, 0.05) is 0 Å². The van der Waals surface area contributed by atoms with Crippen LogP contribution in [0.5, 0.6) is 0 Å². The fraction of sp³-hybridized carbons (Fsp3) is 0.500. The van der Waals surface area contributed by atoms with Crippen LogP contribution >= 0.6 is 0 Å². The summed E-state index contributed by atoms with van der Waals surface area (Å²) < 4.78 is 4.89. The normalized spacial score (nSPS) is 9.89. The summed E-state index contributed by atoms with van der Waals surface area (Å²) in [4.78, 5) is 0. The van der Waals surface area contributed by atoms with E-state index in [4.69, 9.17) is 4.74 Å². The van der Waals surface area contributed by atoms with Crippen molar-refractivity contribution in [1.82, 2.24) is 0 Å². The summed E-state index contributed by atoms with van der Waals surface area (Å²) in [5, 5.41) is 0. The minimum atomic E-state index is 0.750. The van der Waals surface area contributed by atoms with Crippen molar-refractivity contribution >= 4 is 0 Å². The van der Waals surface area contributed by atoms with Gasteiger partial charge in [-0.15, -0.1) is 0 Å². The second kappa shape index (κ2) is 7.28. The predicted molar refractivity (Wildman–Crippen MR) is 40.2 cm³/mol. The standard InChI is InChI=1S/C8H14O/c1-3-5-6-7-8-9-4-2/h4-6H,2-3,7-8H2,1H3/b6-5+. The fourth-order valence-corrected chi connectivity index (χ4v) is 0.504. The van der Waals surface area contributed by atoms with Crippen LogP contribution in [0.25, 0.3) is 0 Å². The van der Waals surface area contributed by atoms with Crippen LogP contribution in [0.4, 0.5) is 0 Å². The van der Waals surface area contributed by atoms with Crippen molar-refractivity contribution in [3.63, 3.8) is 0 Å². The molecule has 0 aromatic carbocycles. The Labute approximate surface area is 57.0 Å². The van der Waals surface area contributed by atoms with E-state index in [9.17, 15) is 0 Å². The van der Waals surface area contributed by atoms with Gasteiger partial charge in [0.05, 0.1) is 12.9 Å². The molecule has 0 aliphatic carbocycles. The average Bonchev–Trinajstić information content (AvgIpc) is 1.89. The van der Waals surface area contributed by atoms with Crippen molar-refractivity contribution in [2.75, 3.05) is 6.61 Å². The minimum absolute atomic E-state index is 0.750. The van der Waals surface area contributed by atoms with Crippen molar-refractivity contribution < 1.29 is 4.74 Å². The van der Waals surface area contributed by atoms with Gasteiger partial charge in [-0.25, -0.2) is 0 Å². The smallest absolute Gasteiger partial charge is 0.0907 e. The summed E-state index contributed by atoms with van der Waals surface area (Å²) in [6.45, 7) is 6.30. The molecule has 1 nitrogen and oxygen atoms in total. The van der Waals surface area contributed by atoms with Gasteiger partial charge < -0.3 is 4.74 Å². The maximum Gasteiger partial charge on any atom is 0.0907 e. The average molecular weight is 126 g/mol. The molecule has 0 unspecified atom stereocenters. The molecule has 0 radical (unpaired) electrons. The summed E-state index contributed by atoms with van der Waals surface area (Å²) in [6.07, 6.45) is 7.81. The molecule has 0 heterocycles. The zero-order valence-corrected chi connectivity index (χ0v) is 5.97. The molecular weight excluding hydrogens is 112 g/mol. The highest BCUT2D eigenvalue weighted by Gasteiger charge is 1.75. The second-order valence-electron chi connectivity index (χ2n) is 1.71. The molecule has 0 spiro atoms. The van der Waals surface area contributed by atoms with Crippen LogP contribution < -0.4 is 0 Å². The van der Waals surface area contributed by atoms with Gasteiger partial charge in [0.25, 0.3) is 0 Å². The molecule has 0 saturated heterocycles. The maximum atomic E-state index is 4.89. The first-order valence-corrected chi connectivity index (χ1v) is 3.29. The zero-order valence-electron chi connectivity index (χ0n) is 5.97. The van der Waals surface area contributed by atoms with Crippen LogP contribution in [-0.2, 0) is 4.74 Å². The Kier molecular flexibility index (Phi) is 6.70. The van der Waals surface area contributed by atoms with E-state index in [1.807, 2.05) is 0 Å². The molecule has 0 atom stereocenters. The van der Waals surface area contributed by atoms with Gasteiger partial charge in [-0.3, -0.25) is 0 Å². The first-order chi connectivity index (χ1) is 4.41. The Hall–Kier alpha value is -0.720.